The second-order valence-corrected chi connectivity index (χ2v) is 1.87. The quantitative estimate of drug-likeness (QED) is 0.404. The normalized spacial score (nSPS) is 8.36. The zero-order valence-electron chi connectivity index (χ0n) is 5.84. The van der Waals surface area contributed by atoms with Crippen molar-refractivity contribution in [2.45, 2.75) is 0 Å². The van der Waals surface area contributed by atoms with Crippen molar-refractivity contribution in [2.24, 2.45) is 0 Å². The summed E-state index contributed by atoms with van der Waals surface area (Å²) in [7, 11) is 0. The molecular formula is C7H5BrMgN2. The van der Waals surface area contributed by atoms with Crippen molar-refractivity contribution >= 4 is 34.1 Å². The van der Waals surface area contributed by atoms with Crippen molar-refractivity contribution in [2.75, 3.05) is 0 Å². The van der Waals surface area contributed by atoms with Crippen molar-refractivity contribution in [3.8, 4) is 0 Å². The smallest absolute Gasteiger partial charge is 1.00 e. The van der Waals surface area contributed by atoms with Crippen LogP contribution in [0, 0.1) is 6.33 Å². The Morgan fingerprint density at radius 1 is 1.27 bits per heavy atom. The second-order valence-electron chi connectivity index (χ2n) is 1.87. The van der Waals surface area contributed by atoms with Gasteiger partial charge in [-0.25, -0.2) is 0 Å². The van der Waals surface area contributed by atoms with E-state index in [0.29, 0.717) is 0 Å². The number of imidazole rings is 1. The largest absolute Gasteiger partial charge is 2.00 e. The van der Waals surface area contributed by atoms with Crippen LogP contribution in [0.25, 0.3) is 11.0 Å². The van der Waals surface area contributed by atoms with Gasteiger partial charge in [0.25, 0.3) is 0 Å². The van der Waals surface area contributed by atoms with E-state index in [1.54, 1.807) is 0 Å². The van der Waals surface area contributed by atoms with Gasteiger partial charge in [0.05, 0.1) is 0 Å². The molecule has 0 fully saturated rings. The van der Waals surface area contributed by atoms with E-state index in [2.05, 4.69) is 16.3 Å². The Bertz CT molecular complexity index is 290. The standard InChI is InChI=1S/C7H5N2.BrH.Mg/c1-2-4-7-6(3-1)8-5-9-7;;/h1-4H,(H,8,9);1H;/q-1;;+2/p-1. The molecule has 0 atom stereocenters. The van der Waals surface area contributed by atoms with Crippen LogP contribution in [-0.4, -0.2) is 33.0 Å². The number of nitrogens with one attached hydrogen (secondary N) is 1. The summed E-state index contributed by atoms with van der Waals surface area (Å²) in [6, 6.07) is 7.84. The van der Waals surface area contributed by atoms with E-state index in [1.165, 1.54) is 0 Å². The third-order valence-electron chi connectivity index (χ3n) is 1.27. The van der Waals surface area contributed by atoms with E-state index >= 15 is 0 Å². The number of aromatic amines is 1. The van der Waals surface area contributed by atoms with Gasteiger partial charge in [0.15, 0.2) is 0 Å². The summed E-state index contributed by atoms with van der Waals surface area (Å²) in [4.78, 5) is 6.82. The molecule has 2 aromatic rings. The number of halogens is 1. The van der Waals surface area contributed by atoms with E-state index in [9.17, 15) is 0 Å². The summed E-state index contributed by atoms with van der Waals surface area (Å²) in [5.74, 6) is 0. The van der Waals surface area contributed by atoms with Gasteiger partial charge in [0, 0.05) is 0 Å². The SMILES string of the molecule is [Br-].[Mg+2].[c-]1nc2ccccc2[nH]1. The fourth-order valence-electron chi connectivity index (χ4n) is 0.825. The van der Waals surface area contributed by atoms with E-state index in [1.807, 2.05) is 24.3 Å². The molecule has 0 aliphatic carbocycles. The topological polar surface area (TPSA) is 28.7 Å². The zero-order valence-corrected chi connectivity index (χ0v) is 8.84. The number of benzene rings is 1. The van der Waals surface area contributed by atoms with Crippen molar-refractivity contribution in [1.82, 2.24) is 9.97 Å². The zero-order chi connectivity index (χ0) is 6.10. The van der Waals surface area contributed by atoms with Gasteiger partial charge < -0.3 is 26.9 Å². The number of nitrogens with zero attached hydrogens (tertiary/aromatic N) is 1. The maximum absolute atomic E-state index is 3.94. The maximum Gasteiger partial charge on any atom is 2.00 e. The molecule has 0 saturated carbocycles. The molecule has 11 heavy (non-hydrogen) atoms. The number of hydrogen-bond donors (Lipinski definition) is 1. The molecule has 2 nitrogen and oxygen atoms in total. The van der Waals surface area contributed by atoms with Gasteiger partial charge in [0.1, 0.15) is 0 Å². The van der Waals surface area contributed by atoms with Crippen LogP contribution >= 0.6 is 0 Å². The van der Waals surface area contributed by atoms with E-state index < -0.39 is 0 Å². The van der Waals surface area contributed by atoms with Crippen LogP contribution in [0.5, 0.6) is 0 Å². The van der Waals surface area contributed by atoms with Crippen molar-refractivity contribution < 1.29 is 17.0 Å². The summed E-state index contributed by atoms with van der Waals surface area (Å²) >= 11 is 0. The summed E-state index contributed by atoms with van der Waals surface area (Å²) in [6.07, 6.45) is 2.66. The molecule has 0 spiro atoms. The van der Waals surface area contributed by atoms with Gasteiger partial charge in [-0.2, -0.15) is 0 Å². The van der Waals surface area contributed by atoms with Crippen LogP contribution in [-0.2, 0) is 0 Å². The molecular weight excluding hydrogens is 216 g/mol. The molecule has 52 valence electrons. The monoisotopic (exact) mass is 220 g/mol. The molecule has 1 heterocycles. The van der Waals surface area contributed by atoms with Crippen LogP contribution in [0.3, 0.4) is 0 Å². The minimum absolute atomic E-state index is 0. The number of H-pyrrole nitrogens is 1. The third-order valence-corrected chi connectivity index (χ3v) is 1.27. The first kappa shape index (κ1) is 10.9. The number of fused-ring (bicyclic) bond motifs is 1. The van der Waals surface area contributed by atoms with Crippen molar-refractivity contribution in [3.63, 3.8) is 0 Å². The number of para-hydroxylation sites is 2. The van der Waals surface area contributed by atoms with Crippen LogP contribution < -0.4 is 17.0 Å². The summed E-state index contributed by atoms with van der Waals surface area (Å²) < 4.78 is 0. The van der Waals surface area contributed by atoms with E-state index in [4.69, 9.17) is 0 Å². The van der Waals surface area contributed by atoms with Gasteiger partial charge in [-0.15, -0.1) is 12.1 Å². The fraction of sp³-hybridized carbons (Fsp3) is 0. The molecule has 1 aromatic carbocycles. The predicted molar refractivity (Wildman–Crippen MR) is 40.7 cm³/mol. The third kappa shape index (κ3) is 2.18. The molecule has 2 rings (SSSR count). The van der Waals surface area contributed by atoms with Gasteiger partial charge in [-0.3, -0.25) is 0 Å². The average Bonchev–Trinajstić information content (AvgIpc) is 2.33. The molecule has 0 saturated heterocycles. The summed E-state index contributed by atoms with van der Waals surface area (Å²) in [6.45, 7) is 0. The Hall–Kier alpha value is -0.0638. The van der Waals surface area contributed by atoms with Crippen LogP contribution in [0.4, 0.5) is 0 Å². The first-order valence-corrected chi connectivity index (χ1v) is 2.77. The molecule has 0 radical (unpaired) electrons. The molecule has 1 aromatic heterocycles. The molecule has 4 heteroatoms. The minimum Gasteiger partial charge on any atom is -1.00 e. The Morgan fingerprint density at radius 3 is 2.73 bits per heavy atom. The van der Waals surface area contributed by atoms with Gasteiger partial charge >= 0.3 is 23.1 Å². The molecule has 0 unspecified atom stereocenters. The van der Waals surface area contributed by atoms with Crippen molar-refractivity contribution in [1.29, 1.82) is 0 Å². The predicted octanol–water partition coefficient (Wildman–Crippen LogP) is -2.01. The van der Waals surface area contributed by atoms with Crippen molar-refractivity contribution in [3.05, 3.63) is 30.6 Å². The van der Waals surface area contributed by atoms with Gasteiger partial charge in [0.2, 0.25) is 0 Å². The first-order valence-electron chi connectivity index (χ1n) is 2.77. The van der Waals surface area contributed by atoms with E-state index in [0.717, 1.165) is 11.0 Å². The molecule has 1 N–H and O–H groups in total. The van der Waals surface area contributed by atoms with Crippen LogP contribution in [0.2, 0.25) is 0 Å². The Kier molecular flexibility index (Phi) is 4.71. The van der Waals surface area contributed by atoms with E-state index in [-0.39, 0.29) is 40.0 Å². The van der Waals surface area contributed by atoms with Gasteiger partial charge in [-0.1, -0.05) is 23.2 Å². The Labute approximate surface area is 91.3 Å². The minimum atomic E-state index is 0. The first-order chi connectivity index (χ1) is 4.47. The van der Waals surface area contributed by atoms with Crippen LogP contribution in [0.15, 0.2) is 24.3 Å². The number of aromatic nitrogens is 2. The molecule has 0 amide bonds. The average molecular weight is 221 g/mol. The Morgan fingerprint density at radius 2 is 2.00 bits per heavy atom. The summed E-state index contributed by atoms with van der Waals surface area (Å²) in [5.41, 5.74) is 2.01. The molecule has 0 aliphatic heterocycles. The number of rotatable bonds is 0. The Balaban J connectivity index is 0.000000500. The van der Waals surface area contributed by atoms with Crippen LogP contribution in [0.1, 0.15) is 0 Å². The van der Waals surface area contributed by atoms with Gasteiger partial charge in [-0.05, 0) is 6.33 Å². The second kappa shape index (κ2) is 4.74. The maximum atomic E-state index is 3.94. The summed E-state index contributed by atoms with van der Waals surface area (Å²) in [5, 5.41) is 0. The number of hydrogen-bond acceptors (Lipinski definition) is 1. The fourth-order valence-corrected chi connectivity index (χ4v) is 0.825. The molecule has 0 bridgehead atoms. The molecule has 0 aliphatic rings.